The Morgan fingerprint density at radius 2 is 1.59 bits per heavy atom. The van der Waals surface area contributed by atoms with Crippen molar-refractivity contribution in [3.05, 3.63) is 73.1 Å². The van der Waals surface area contributed by atoms with Crippen molar-refractivity contribution in [3.63, 3.8) is 0 Å². The van der Waals surface area contributed by atoms with Crippen LogP contribution >= 0.6 is 0 Å². The molecule has 1 aliphatic heterocycles. The molecule has 0 radical (unpaired) electrons. The van der Waals surface area contributed by atoms with Gasteiger partial charge in [-0.15, -0.1) is 0 Å². The number of rotatable bonds is 6. The Balaban J connectivity index is 1.31. The molecule has 4 N–H and O–H groups in total. The minimum atomic E-state index is -0.476. The Bertz CT molecular complexity index is 1240. The number of likely N-dealkylation sites (tertiary alicyclic amines) is 1. The van der Waals surface area contributed by atoms with E-state index in [2.05, 4.69) is 68.5 Å². The second-order valence-corrected chi connectivity index (χ2v) is 9.26. The SMILES string of the molecule is CC(C)C(N)C(=O)N1CCCC1c1ncc(-c2ccc(-c3ccc(-c4cnc[nH]4)cc3)cc2)[nH]1. The summed E-state index contributed by atoms with van der Waals surface area (Å²) in [5, 5.41) is 0. The molecule has 4 aromatic rings. The van der Waals surface area contributed by atoms with Gasteiger partial charge in [-0.2, -0.15) is 0 Å². The Kier molecular flexibility index (Phi) is 6.02. The molecule has 7 heteroatoms. The van der Waals surface area contributed by atoms with E-state index in [1.165, 1.54) is 0 Å². The molecule has 5 rings (SSSR count). The predicted molar refractivity (Wildman–Crippen MR) is 134 cm³/mol. The Hall–Kier alpha value is -3.71. The van der Waals surface area contributed by atoms with Gasteiger partial charge in [0, 0.05) is 6.54 Å². The molecule has 34 heavy (non-hydrogen) atoms. The van der Waals surface area contributed by atoms with E-state index in [-0.39, 0.29) is 17.9 Å². The number of benzene rings is 2. The number of carbonyl (C=O) groups is 1. The lowest BCUT2D eigenvalue weighted by Crippen LogP contribution is -2.46. The molecule has 1 aliphatic rings. The molecular weight excluding hydrogens is 424 g/mol. The molecule has 1 amide bonds. The normalized spacial score (nSPS) is 16.8. The zero-order valence-corrected chi connectivity index (χ0v) is 19.5. The summed E-state index contributed by atoms with van der Waals surface area (Å²) in [6.45, 7) is 4.69. The van der Waals surface area contributed by atoms with Gasteiger partial charge in [0.1, 0.15) is 5.82 Å². The van der Waals surface area contributed by atoms with Gasteiger partial charge in [0.2, 0.25) is 5.91 Å². The minimum absolute atomic E-state index is 0.0124. The maximum atomic E-state index is 12.9. The van der Waals surface area contributed by atoms with Crippen LogP contribution in [0, 0.1) is 5.92 Å². The molecule has 2 aromatic heterocycles. The Labute approximate surface area is 199 Å². The van der Waals surface area contributed by atoms with E-state index in [9.17, 15) is 4.79 Å². The second kappa shape index (κ2) is 9.27. The average molecular weight is 455 g/mol. The standard InChI is InChI=1S/C27H30N6O/c1-17(2)25(28)27(34)33-13-3-4-24(33)26-30-15-23(32-26)21-11-7-19(8-12-21)18-5-9-20(10-6-18)22-14-29-16-31-22/h5-12,14-17,24-25H,3-4,13,28H2,1-2H3,(H,29,31)(H,30,32). The highest BCUT2D eigenvalue weighted by Crippen LogP contribution is 2.33. The molecule has 0 spiro atoms. The molecule has 1 fully saturated rings. The van der Waals surface area contributed by atoms with Crippen LogP contribution in [0.3, 0.4) is 0 Å². The summed E-state index contributed by atoms with van der Waals surface area (Å²) in [6, 6.07) is 16.3. The second-order valence-electron chi connectivity index (χ2n) is 9.26. The molecule has 0 aliphatic carbocycles. The topological polar surface area (TPSA) is 104 Å². The number of H-pyrrole nitrogens is 2. The van der Waals surface area contributed by atoms with Crippen LogP contribution in [0.25, 0.3) is 33.6 Å². The summed E-state index contributed by atoms with van der Waals surface area (Å²) in [5.41, 5.74) is 12.6. The molecule has 7 nitrogen and oxygen atoms in total. The first-order valence-electron chi connectivity index (χ1n) is 11.8. The van der Waals surface area contributed by atoms with Crippen molar-refractivity contribution in [1.29, 1.82) is 0 Å². The lowest BCUT2D eigenvalue weighted by atomic mass is 10.0. The number of hydrogen-bond donors (Lipinski definition) is 3. The zero-order chi connectivity index (χ0) is 23.7. The van der Waals surface area contributed by atoms with Crippen LogP contribution in [0.15, 0.2) is 67.3 Å². The number of aromatic amines is 2. The summed E-state index contributed by atoms with van der Waals surface area (Å²) < 4.78 is 0. The van der Waals surface area contributed by atoms with Gasteiger partial charge >= 0.3 is 0 Å². The van der Waals surface area contributed by atoms with Crippen molar-refractivity contribution in [3.8, 4) is 33.6 Å². The van der Waals surface area contributed by atoms with Crippen LogP contribution in [-0.4, -0.2) is 43.3 Å². The molecular formula is C27H30N6O. The van der Waals surface area contributed by atoms with Gasteiger partial charge in [0.15, 0.2) is 0 Å². The van der Waals surface area contributed by atoms with E-state index in [4.69, 9.17) is 5.73 Å². The Morgan fingerprint density at radius 1 is 0.971 bits per heavy atom. The van der Waals surface area contributed by atoms with Gasteiger partial charge < -0.3 is 20.6 Å². The number of amides is 1. The van der Waals surface area contributed by atoms with Crippen LogP contribution in [0.1, 0.15) is 38.6 Å². The van der Waals surface area contributed by atoms with Crippen molar-refractivity contribution in [1.82, 2.24) is 24.8 Å². The maximum absolute atomic E-state index is 12.9. The van der Waals surface area contributed by atoms with Crippen molar-refractivity contribution < 1.29 is 4.79 Å². The van der Waals surface area contributed by atoms with Crippen molar-refractivity contribution in [2.45, 2.75) is 38.8 Å². The molecule has 0 saturated carbocycles. The van der Waals surface area contributed by atoms with Gasteiger partial charge in [-0.05, 0) is 41.0 Å². The highest BCUT2D eigenvalue weighted by Gasteiger charge is 2.35. The largest absolute Gasteiger partial charge is 0.345 e. The summed E-state index contributed by atoms with van der Waals surface area (Å²) >= 11 is 0. The first-order valence-corrected chi connectivity index (χ1v) is 11.8. The van der Waals surface area contributed by atoms with Crippen molar-refractivity contribution in [2.75, 3.05) is 6.54 Å². The number of hydrogen-bond acceptors (Lipinski definition) is 4. The average Bonchev–Trinajstić information content (AvgIpc) is 3.64. The number of imidazole rings is 2. The maximum Gasteiger partial charge on any atom is 0.240 e. The lowest BCUT2D eigenvalue weighted by Gasteiger charge is -2.27. The van der Waals surface area contributed by atoms with Gasteiger partial charge in [-0.25, -0.2) is 9.97 Å². The third-order valence-corrected chi connectivity index (χ3v) is 6.67. The molecule has 174 valence electrons. The molecule has 0 bridgehead atoms. The fourth-order valence-corrected chi connectivity index (χ4v) is 4.54. The lowest BCUT2D eigenvalue weighted by molar-refractivity contribution is -0.134. The number of nitrogens with zero attached hydrogens (tertiary/aromatic N) is 3. The molecule has 2 aromatic carbocycles. The molecule has 1 saturated heterocycles. The van der Waals surface area contributed by atoms with Crippen molar-refractivity contribution in [2.24, 2.45) is 11.7 Å². The number of aromatic nitrogens is 4. The summed E-state index contributed by atoms with van der Waals surface area (Å²) in [4.78, 5) is 30.0. The van der Waals surface area contributed by atoms with Gasteiger partial charge in [0.25, 0.3) is 0 Å². The quantitative estimate of drug-likeness (QED) is 0.390. The van der Waals surface area contributed by atoms with Crippen LogP contribution in [0.2, 0.25) is 0 Å². The summed E-state index contributed by atoms with van der Waals surface area (Å²) in [7, 11) is 0. The number of carbonyl (C=O) groups excluding carboxylic acids is 1. The highest BCUT2D eigenvalue weighted by molar-refractivity contribution is 5.82. The fraction of sp³-hybridized carbons (Fsp3) is 0.296. The van der Waals surface area contributed by atoms with Gasteiger partial charge in [-0.1, -0.05) is 62.4 Å². The zero-order valence-electron chi connectivity index (χ0n) is 19.5. The predicted octanol–water partition coefficient (Wildman–Crippen LogP) is 4.78. The first-order chi connectivity index (χ1) is 16.5. The monoisotopic (exact) mass is 454 g/mol. The van der Waals surface area contributed by atoms with E-state index in [1.807, 2.05) is 31.1 Å². The third kappa shape index (κ3) is 4.26. The van der Waals surface area contributed by atoms with Crippen LogP contribution in [0.5, 0.6) is 0 Å². The van der Waals surface area contributed by atoms with E-state index in [0.29, 0.717) is 0 Å². The van der Waals surface area contributed by atoms with E-state index in [1.54, 1.807) is 6.33 Å². The fourth-order valence-electron chi connectivity index (χ4n) is 4.54. The van der Waals surface area contributed by atoms with Crippen molar-refractivity contribution >= 4 is 5.91 Å². The van der Waals surface area contributed by atoms with E-state index in [0.717, 1.165) is 58.9 Å². The third-order valence-electron chi connectivity index (χ3n) is 6.67. The smallest absolute Gasteiger partial charge is 0.240 e. The van der Waals surface area contributed by atoms with Crippen LogP contribution in [0.4, 0.5) is 0 Å². The minimum Gasteiger partial charge on any atom is -0.345 e. The summed E-state index contributed by atoms with van der Waals surface area (Å²) in [6.07, 6.45) is 7.22. The Morgan fingerprint density at radius 3 is 2.18 bits per heavy atom. The first kappa shape index (κ1) is 22.1. The van der Waals surface area contributed by atoms with Crippen LogP contribution in [-0.2, 0) is 4.79 Å². The van der Waals surface area contributed by atoms with Crippen LogP contribution < -0.4 is 5.73 Å². The van der Waals surface area contributed by atoms with Gasteiger partial charge in [0.05, 0.1) is 42.2 Å². The molecule has 2 unspecified atom stereocenters. The highest BCUT2D eigenvalue weighted by atomic mass is 16.2. The van der Waals surface area contributed by atoms with E-state index < -0.39 is 6.04 Å². The molecule has 3 heterocycles. The number of nitrogens with two attached hydrogens (primary N) is 1. The van der Waals surface area contributed by atoms with Gasteiger partial charge in [-0.3, -0.25) is 4.79 Å². The molecule has 2 atom stereocenters. The number of nitrogens with one attached hydrogen (secondary N) is 2. The van der Waals surface area contributed by atoms with E-state index >= 15 is 0 Å². The summed E-state index contributed by atoms with van der Waals surface area (Å²) in [5.74, 6) is 0.953.